The fourth-order valence-corrected chi connectivity index (χ4v) is 1.47. The van der Waals surface area contributed by atoms with E-state index in [1.54, 1.807) is 18.2 Å². The molecular formula is C8H5N2O2S-. The van der Waals surface area contributed by atoms with E-state index in [1.807, 2.05) is 0 Å². The van der Waals surface area contributed by atoms with Crippen molar-refractivity contribution >= 4 is 22.0 Å². The summed E-state index contributed by atoms with van der Waals surface area (Å²) in [7, 11) is 0. The lowest BCUT2D eigenvalue weighted by Crippen LogP contribution is -1.89. The third kappa shape index (κ3) is 1.56. The number of nitrogens with zero attached hydrogens (tertiary/aromatic N) is 2. The second-order valence-corrected chi connectivity index (χ2v) is 3.43. The predicted octanol–water partition coefficient (Wildman–Crippen LogP) is 0.868. The van der Waals surface area contributed by atoms with Crippen molar-refractivity contribution in [2.75, 3.05) is 0 Å². The van der Waals surface area contributed by atoms with Gasteiger partial charge in [0.15, 0.2) is 0 Å². The Morgan fingerprint density at radius 3 is 2.92 bits per heavy atom. The highest BCUT2D eigenvalue weighted by Gasteiger charge is 1.96. The third-order valence-corrected chi connectivity index (χ3v) is 2.32. The van der Waals surface area contributed by atoms with E-state index in [1.165, 1.54) is 12.3 Å². The zero-order chi connectivity index (χ0) is 9.26. The lowest BCUT2D eigenvalue weighted by atomic mass is 10.2. The number of benzene rings is 1. The minimum absolute atomic E-state index is 0.264. The average molecular weight is 193 g/mol. The fourth-order valence-electron chi connectivity index (χ4n) is 1.07. The molecule has 0 N–H and O–H groups in total. The average Bonchev–Trinajstić information content (AvgIpc) is 2.17. The third-order valence-electron chi connectivity index (χ3n) is 1.68. The van der Waals surface area contributed by atoms with Crippen molar-refractivity contribution in [3.63, 3.8) is 0 Å². The number of hydrogen-bond acceptors (Lipinski definition) is 4. The van der Waals surface area contributed by atoms with E-state index in [0.717, 1.165) is 5.39 Å². The van der Waals surface area contributed by atoms with E-state index < -0.39 is 11.1 Å². The van der Waals surface area contributed by atoms with Gasteiger partial charge in [0.1, 0.15) is 0 Å². The molecule has 13 heavy (non-hydrogen) atoms. The fraction of sp³-hybridized carbons (Fsp3) is 0. The molecule has 66 valence electrons. The molecule has 0 aliphatic rings. The van der Waals surface area contributed by atoms with E-state index in [4.69, 9.17) is 0 Å². The molecule has 0 saturated carbocycles. The molecule has 4 nitrogen and oxygen atoms in total. The summed E-state index contributed by atoms with van der Waals surface area (Å²) in [6.07, 6.45) is 1.53. The van der Waals surface area contributed by atoms with Crippen LogP contribution in [-0.4, -0.2) is 19.0 Å². The molecule has 2 aromatic rings. The molecule has 2 rings (SSSR count). The highest BCUT2D eigenvalue weighted by atomic mass is 32.2. The van der Waals surface area contributed by atoms with E-state index in [2.05, 4.69) is 10.2 Å². The van der Waals surface area contributed by atoms with Crippen LogP contribution in [0.3, 0.4) is 0 Å². The summed E-state index contributed by atoms with van der Waals surface area (Å²) in [5, 5.41) is 8.29. The maximum atomic E-state index is 10.6. The van der Waals surface area contributed by atoms with Gasteiger partial charge in [-0.15, -0.1) is 0 Å². The molecular weight excluding hydrogens is 188 g/mol. The van der Waals surface area contributed by atoms with Gasteiger partial charge in [0, 0.05) is 10.3 Å². The van der Waals surface area contributed by atoms with Gasteiger partial charge in [-0.05, 0) is 35.3 Å². The molecule has 0 spiro atoms. The number of hydrogen-bond donors (Lipinski definition) is 0. The first kappa shape index (κ1) is 8.28. The van der Waals surface area contributed by atoms with E-state index in [0.29, 0.717) is 5.52 Å². The van der Waals surface area contributed by atoms with E-state index >= 15 is 0 Å². The maximum Gasteiger partial charge on any atom is 0.0930 e. The van der Waals surface area contributed by atoms with Crippen LogP contribution in [0.25, 0.3) is 10.9 Å². The van der Waals surface area contributed by atoms with E-state index in [9.17, 15) is 8.76 Å². The first-order chi connectivity index (χ1) is 6.27. The van der Waals surface area contributed by atoms with Gasteiger partial charge in [-0.1, -0.05) is 0 Å². The summed E-state index contributed by atoms with van der Waals surface area (Å²) in [6, 6.07) is 6.42. The Balaban J connectivity index is 2.69. The van der Waals surface area contributed by atoms with Gasteiger partial charge in [-0.2, -0.15) is 10.2 Å². The molecule has 0 saturated heterocycles. The molecule has 0 aliphatic carbocycles. The lowest BCUT2D eigenvalue weighted by Gasteiger charge is -2.04. The van der Waals surface area contributed by atoms with Gasteiger partial charge < -0.3 is 4.55 Å². The Kier molecular flexibility index (Phi) is 2.03. The van der Waals surface area contributed by atoms with Crippen molar-refractivity contribution in [1.82, 2.24) is 10.2 Å². The Morgan fingerprint density at radius 2 is 2.15 bits per heavy atom. The second kappa shape index (κ2) is 3.20. The highest BCUT2D eigenvalue weighted by Crippen LogP contribution is 2.14. The molecule has 1 aromatic heterocycles. The van der Waals surface area contributed by atoms with Crippen LogP contribution in [0.1, 0.15) is 0 Å². The van der Waals surface area contributed by atoms with Gasteiger partial charge in [-0.25, -0.2) is 0 Å². The van der Waals surface area contributed by atoms with Crippen LogP contribution in [0.4, 0.5) is 0 Å². The Labute approximate surface area is 76.9 Å². The molecule has 0 amide bonds. The molecule has 1 atom stereocenters. The first-order valence-corrected chi connectivity index (χ1v) is 4.65. The summed E-state index contributed by atoms with van der Waals surface area (Å²) in [5.74, 6) is 0. The Bertz CT molecular complexity index is 472. The summed E-state index contributed by atoms with van der Waals surface area (Å²) in [6.45, 7) is 0. The SMILES string of the molecule is O=S([O-])c1ccc2nnccc2c1. The number of fused-ring (bicyclic) bond motifs is 1. The zero-order valence-electron chi connectivity index (χ0n) is 6.51. The van der Waals surface area contributed by atoms with Crippen molar-refractivity contribution in [2.24, 2.45) is 0 Å². The molecule has 0 fully saturated rings. The van der Waals surface area contributed by atoms with Crippen LogP contribution in [0.5, 0.6) is 0 Å². The standard InChI is InChI=1S/C8H6N2O2S/c11-13(12)7-1-2-8-6(5-7)3-4-9-10-8/h1-5H,(H,11,12)/p-1. The second-order valence-electron chi connectivity index (χ2n) is 2.49. The molecule has 0 aliphatic heterocycles. The summed E-state index contributed by atoms with van der Waals surface area (Å²) >= 11 is -2.18. The van der Waals surface area contributed by atoms with Crippen LogP contribution in [0.2, 0.25) is 0 Å². The molecule has 0 bridgehead atoms. The molecule has 1 heterocycles. The topological polar surface area (TPSA) is 65.9 Å². The van der Waals surface area contributed by atoms with Gasteiger partial charge in [0.2, 0.25) is 0 Å². The lowest BCUT2D eigenvalue weighted by molar-refractivity contribution is 0.537. The van der Waals surface area contributed by atoms with Crippen molar-refractivity contribution < 1.29 is 8.76 Å². The summed E-state index contributed by atoms with van der Waals surface area (Å²) in [4.78, 5) is 0.264. The Hall–Kier alpha value is -1.33. The summed E-state index contributed by atoms with van der Waals surface area (Å²) in [5.41, 5.74) is 0.691. The first-order valence-electron chi connectivity index (χ1n) is 3.58. The van der Waals surface area contributed by atoms with Crippen molar-refractivity contribution in [3.05, 3.63) is 30.5 Å². The van der Waals surface area contributed by atoms with Crippen LogP contribution >= 0.6 is 0 Å². The monoisotopic (exact) mass is 193 g/mol. The largest absolute Gasteiger partial charge is 0.768 e. The smallest absolute Gasteiger partial charge is 0.0930 e. The van der Waals surface area contributed by atoms with E-state index in [-0.39, 0.29) is 4.90 Å². The van der Waals surface area contributed by atoms with Gasteiger partial charge in [0.05, 0.1) is 11.7 Å². The zero-order valence-corrected chi connectivity index (χ0v) is 7.32. The summed E-state index contributed by atoms with van der Waals surface area (Å²) < 4.78 is 21.2. The van der Waals surface area contributed by atoms with Gasteiger partial charge in [0.25, 0.3) is 0 Å². The number of rotatable bonds is 1. The van der Waals surface area contributed by atoms with Crippen molar-refractivity contribution in [3.8, 4) is 0 Å². The van der Waals surface area contributed by atoms with Gasteiger partial charge in [-0.3, -0.25) is 4.21 Å². The van der Waals surface area contributed by atoms with Crippen LogP contribution in [0, 0.1) is 0 Å². The van der Waals surface area contributed by atoms with Crippen LogP contribution < -0.4 is 0 Å². The van der Waals surface area contributed by atoms with Crippen molar-refractivity contribution in [1.29, 1.82) is 0 Å². The quantitative estimate of drug-likeness (QED) is 0.630. The van der Waals surface area contributed by atoms with Crippen LogP contribution in [0.15, 0.2) is 35.4 Å². The predicted molar refractivity (Wildman–Crippen MR) is 46.7 cm³/mol. The van der Waals surface area contributed by atoms with Gasteiger partial charge >= 0.3 is 0 Å². The number of aromatic nitrogens is 2. The molecule has 5 heteroatoms. The Morgan fingerprint density at radius 1 is 1.31 bits per heavy atom. The maximum absolute atomic E-state index is 10.6. The highest BCUT2D eigenvalue weighted by molar-refractivity contribution is 7.79. The molecule has 1 unspecified atom stereocenters. The minimum Gasteiger partial charge on any atom is -0.768 e. The molecule has 1 aromatic carbocycles. The normalized spacial score (nSPS) is 13.0. The van der Waals surface area contributed by atoms with Crippen LogP contribution in [-0.2, 0) is 11.1 Å². The van der Waals surface area contributed by atoms with Crippen molar-refractivity contribution in [2.45, 2.75) is 4.90 Å². The molecule has 0 radical (unpaired) electrons. The minimum atomic E-state index is -2.18.